The largest absolute Gasteiger partial charge is 0.493 e. The van der Waals surface area contributed by atoms with Crippen molar-refractivity contribution >= 4 is 57.3 Å². The summed E-state index contributed by atoms with van der Waals surface area (Å²) < 4.78 is 7.76. The third-order valence-electron chi connectivity index (χ3n) is 5.09. The molecule has 0 fully saturated rings. The number of benzene rings is 2. The zero-order chi connectivity index (χ0) is 24.8. The molecule has 1 amide bonds. The number of halogens is 2. The maximum atomic E-state index is 12.4. The minimum Gasteiger partial charge on any atom is -0.493 e. The first kappa shape index (κ1) is 25.5. The van der Waals surface area contributed by atoms with Crippen LogP contribution >= 0.6 is 46.3 Å². The number of carbonyl (C=O) groups is 1. The number of hydrogen-bond acceptors (Lipinski definition) is 7. The van der Waals surface area contributed by atoms with Gasteiger partial charge in [0.05, 0.1) is 18.1 Å². The van der Waals surface area contributed by atoms with Gasteiger partial charge in [0.1, 0.15) is 11.6 Å². The lowest BCUT2D eigenvalue weighted by atomic mass is 10.2. The molecule has 0 saturated carbocycles. The molecule has 0 radical (unpaired) electrons. The predicted molar refractivity (Wildman–Crippen MR) is 143 cm³/mol. The third kappa shape index (κ3) is 6.98. The SMILES string of the molecule is Cc1cc(Cl)ccc1OCCCc1nnc(SCC(=O)Nc2nc(-c3ccc(Cl)cc3)cs2)n1C. The fourth-order valence-electron chi connectivity index (χ4n) is 3.25. The Kier molecular flexibility index (Phi) is 8.67. The number of hydrogen-bond donors (Lipinski definition) is 1. The normalized spacial score (nSPS) is 11.0. The number of amides is 1. The number of nitrogens with one attached hydrogen (secondary N) is 1. The van der Waals surface area contributed by atoms with Crippen molar-refractivity contribution in [1.29, 1.82) is 0 Å². The molecule has 4 aromatic rings. The molecule has 2 heterocycles. The monoisotopic (exact) mass is 547 g/mol. The minimum absolute atomic E-state index is 0.150. The van der Waals surface area contributed by atoms with Crippen molar-refractivity contribution in [3.05, 3.63) is 69.3 Å². The molecule has 0 aliphatic rings. The first-order chi connectivity index (χ1) is 16.9. The summed E-state index contributed by atoms with van der Waals surface area (Å²) in [7, 11) is 1.90. The van der Waals surface area contributed by atoms with E-state index in [0.29, 0.717) is 26.9 Å². The molecule has 2 aromatic carbocycles. The fraction of sp³-hybridized carbons (Fsp3) is 0.250. The van der Waals surface area contributed by atoms with E-state index in [9.17, 15) is 4.79 Å². The number of aromatic nitrogens is 4. The van der Waals surface area contributed by atoms with Gasteiger partial charge in [0, 0.05) is 34.5 Å². The molecule has 0 atom stereocenters. The van der Waals surface area contributed by atoms with Gasteiger partial charge in [0.15, 0.2) is 10.3 Å². The van der Waals surface area contributed by atoms with E-state index in [-0.39, 0.29) is 11.7 Å². The maximum absolute atomic E-state index is 12.4. The van der Waals surface area contributed by atoms with Crippen molar-refractivity contribution < 1.29 is 9.53 Å². The molecular weight excluding hydrogens is 525 g/mol. The van der Waals surface area contributed by atoms with Crippen molar-refractivity contribution in [3.63, 3.8) is 0 Å². The summed E-state index contributed by atoms with van der Waals surface area (Å²) in [4.78, 5) is 16.9. The summed E-state index contributed by atoms with van der Waals surface area (Å²) in [5, 5.41) is 15.8. The van der Waals surface area contributed by atoms with Crippen LogP contribution in [0.25, 0.3) is 11.3 Å². The Bertz CT molecular complexity index is 1310. The van der Waals surface area contributed by atoms with Gasteiger partial charge < -0.3 is 14.6 Å². The molecule has 0 unspecified atom stereocenters. The molecule has 2 aromatic heterocycles. The van der Waals surface area contributed by atoms with Crippen molar-refractivity contribution in [2.24, 2.45) is 7.05 Å². The number of rotatable bonds is 10. The van der Waals surface area contributed by atoms with Gasteiger partial charge in [-0.25, -0.2) is 4.98 Å². The molecule has 0 bridgehead atoms. The average Bonchev–Trinajstić information content (AvgIpc) is 3.43. The van der Waals surface area contributed by atoms with Crippen molar-refractivity contribution in [2.75, 3.05) is 17.7 Å². The van der Waals surface area contributed by atoms with E-state index < -0.39 is 0 Å². The summed E-state index contributed by atoms with van der Waals surface area (Å²) in [6.45, 7) is 2.53. The van der Waals surface area contributed by atoms with Gasteiger partial charge in [0.25, 0.3) is 0 Å². The molecule has 11 heteroatoms. The zero-order valence-corrected chi connectivity index (χ0v) is 22.3. The molecule has 4 rings (SSSR count). The Morgan fingerprint density at radius 2 is 1.91 bits per heavy atom. The third-order valence-corrected chi connectivity index (χ3v) is 7.35. The topological polar surface area (TPSA) is 81.9 Å². The van der Waals surface area contributed by atoms with Gasteiger partial charge in [-0.15, -0.1) is 21.5 Å². The van der Waals surface area contributed by atoms with E-state index in [2.05, 4.69) is 20.5 Å². The van der Waals surface area contributed by atoms with E-state index in [1.165, 1.54) is 23.1 Å². The molecule has 182 valence electrons. The first-order valence-electron chi connectivity index (χ1n) is 10.8. The minimum atomic E-state index is -0.150. The standard InChI is InChI=1S/C24H23Cl2N5O2S2/c1-15-12-18(26)9-10-20(15)33-11-3-4-21-29-30-24(31(21)2)35-14-22(32)28-23-27-19(13-34-23)16-5-7-17(25)8-6-16/h5-10,12-13H,3-4,11,14H2,1-2H3,(H,27,28,32). The highest BCUT2D eigenvalue weighted by Gasteiger charge is 2.13. The van der Waals surface area contributed by atoms with Gasteiger partial charge >= 0.3 is 0 Å². The van der Waals surface area contributed by atoms with Gasteiger partial charge in [-0.3, -0.25) is 4.79 Å². The second-order valence-corrected chi connectivity index (χ2v) is 10.4. The van der Waals surface area contributed by atoms with E-state index in [1.807, 2.05) is 66.4 Å². The zero-order valence-electron chi connectivity index (χ0n) is 19.1. The van der Waals surface area contributed by atoms with Crippen LogP contribution in [0.5, 0.6) is 5.75 Å². The summed E-state index contributed by atoms with van der Waals surface area (Å²) >= 11 is 14.6. The van der Waals surface area contributed by atoms with Crippen molar-refractivity contribution in [2.45, 2.75) is 24.9 Å². The number of anilines is 1. The quantitative estimate of drug-likeness (QED) is 0.185. The van der Waals surface area contributed by atoms with Crippen molar-refractivity contribution in [1.82, 2.24) is 19.7 Å². The van der Waals surface area contributed by atoms with E-state index >= 15 is 0 Å². The number of thioether (sulfide) groups is 1. The number of ether oxygens (including phenoxy) is 1. The lowest BCUT2D eigenvalue weighted by Gasteiger charge is -2.09. The van der Waals surface area contributed by atoms with Crippen LogP contribution in [-0.2, 0) is 18.3 Å². The molecule has 35 heavy (non-hydrogen) atoms. The van der Waals surface area contributed by atoms with Gasteiger partial charge in [-0.1, -0.05) is 47.1 Å². The van der Waals surface area contributed by atoms with Gasteiger partial charge in [-0.2, -0.15) is 0 Å². The second-order valence-electron chi connectivity index (χ2n) is 7.70. The maximum Gasteiger partial charge on any atom is 0.236 e. The lowest BCUT2D eigenvalue weighted by molar-refractivity contribution is -0.113. The number of aryl methyl sites for hydroxylation is 2. The Morgan fingerprint density at radius 3 is 2.69 bits per heavy atom. The van der Waals surface area contributed by atoms with Gasteiger partial charge in [-0.05, 0) is 49.2 Å². The van der Waals surface area contributed by atoms with Crippen LogP contribution in [0.3, 0.4) is 0 Å². The van der Waals surface area contributed by atoms with E-state index in [1.54, 1.807) is 0 Å². The molecule has 0 aliphatic carbocycles. The van der Waals surface area contributed by atoms with E-state index in [4.69, 9.17) is 27.9 Å². The summed E-state index contributed by atoms with van der Waals surface area (Å²) in [6, 6.07) is 13.0. The fourth-order valence-corrected chi connectivity index (χ4v) is 5.06. The highest BCUT2D eigenvalue weighted by molar-refractivity contribution is 7.99. The molecule has 0 spiro atoms. The smallest absolute Gasteiger partial charge is 0.236 e. The van der Waals surface area contributed by atoms with Gasteiger partial charge in [0.2, 0.25) is 5.91 Å². The highest BCUT2D eigenvalue weighted by Crippen LogP contribution is 2.26. The van der Waals surface area contributed by atoms with Crippen LogP contribution in [0.4, 0.5) is 5.13 Å². The first-order valence-corrected chi connectivity index (χ1v) is 13.4. The van der Waals surface area contributed by atoms with Crippen LogP contribution < -0.4 is 10.1 Å². The number of carbonyl (C=O) groups excluding carboxylic acids is 1. The summed E-state index contributed by atoms with van der Waals surface area (Å²) in [5.41, 5.74) is 2.75. The van der Waals surface area contributed by atoms with Crippen molar-refractivity contribution in [3.8, 4) is 17.0 Å². The molecule has 0 aliphatic heterocycles. The lowest BCUT2D eigenvalue weighted by Crippen LogP contribution is -2.14. The van der Waals surface area contributed by atoms with Crippen LogP contribution in [-0.4, -0.2) is 38.0 Å². The summed E-state index contributed by atoms with van der Waals surface area (Å²) in [6.07, 6.45) is 1.51. The van der Waals surface area contributed by atoms with Crippen LogP contribution in [0.15, 0.2) is 53.0 Å². The molecule has 0 saturated heterocycles. The molecule has 7 nitrogen and oxygen atoms in total. The Morgan fingerprint density at radius 1 is 1.14 bits per heavy atom. The Balaban J connectivity index is 1.22. The van der Waals surface area contributed by atoms with Crippen LogP contribution in [0, 0.1) is 6.92 Å². The van der Waals surface area contributed by atoms with Crippen LogP contribution in [0.2, 0.25) is 10.0 Å². The Hall–Kier alpha value is -2.59. The predicted octanol–water partition coefficient (Wildman–Crippen LogP) is 6.30. The Labute approximate surface area is 221 Å². The number of thiazole rings is 1. The highest BCUT2D eigenvalue weighted by atomic mass is 35.5. The summed E-state index contributed by atoms with van der Waals surface area (Å²) in [5.74, 6) is 1.73. The second kappa shape index (κ2) is 11.9. The van der Waals surface area contributed by atoms with Crippen LogP contribution in [0.1, 0.15) is 17.8 Å². The van der Waals surface area contributed by atoms with E-state index in [0.717, 1.165) is 41.2 Å². The number of nitrogens with zero attached hydrogens (tertiary/aromatic N) is 4. The average molecular weight is 549 g/mol. The molecule has 1 N–H and O–H groups in total. The molecular formula is C24H23Cl2N5O2S2.